The highest BCUT2D eigenvalue weighted by atomic mass is 16.5. The molecule has 1 aromatic carbocycles. The fourth-order valence-corrected chi connectivity index (χ4v) is 2.36. The summed E-state index contributed by atoms with van der Waals surface area (Å²) >= 11 is 0. The molecule has 1 saturated heterocycles. The quantitative estimate of drug-likeness (QED) is 0.886. The van der Waals surface area contributed by atoms with Crippen molar-refractivity contribution in [2.45, 2.75) is 6.92 Å². The number of nitrogens with zero attached hydrogens (tertiary/aromatic N) is 4. The van der Waals surface area contributed by atoms with Crippen LogP contribution in [0, 0.1) is 18.3 Å². The van der Waals surface area contributed by atoms with Crippen molar-refractivity contribution < 1.29 is 4.52 Å². The molecule has 0 radical (unpaired) electrons. The van der Waals surface area contributed by atoms with E-state index in [1.165, 1.54) is 0 Å². The minimum atomic E-state index is 0.518. The van der Waals surface area contributed by atoms with Crippen molar-refractivity contribution in [3.8, 4) is 17.5 Å². The molecule has 0 aliphatic carbocycles. The Balaban J connectivity index is 1.95. The van der Waals surface area contributed by atoms with E-state index in [0.717, 1.165) is 37.4 Å². The zero-order valence-corrected chi connectivity index (χ0v) is 11.3. The van der Waals surface area contributed by atoms with Gasteiger partial charge in [-0.2, -0.15) is 10.2 Å². The van der Waals surface area contributed by atoms with E-state index in [1.54, 1.807) is 6.92 Å². The zero-order valence-electron chi connectivity index (χ0n) is 11.3. The van der Waals surface area contributed by atoms with Crippen LogP contribution in [0.4, 0.5) is 5.69 Å². The van der Waals surface area contributed by atoms with Crippen LogP contribution >= 0.6 is 0 Å². The van der Waals surface area contributed by atoms with E-state index < -0.39 is 0 Å². The topological polar surface area (TPSA) is 78.0 Å². The zero-order chi connectivity index (χ0) is 13.9. The molecular formula is C14H15N5O. The second-order valence-electron chi connectivity index (χ2n) is 4.72. The van der Waals surface area contributed by atoms with Gasteiger partial charge in [0.2, 0.25) is 11.7 Å². The molecule has 1 aromatic heterocycles. The molecule has 1 fully saturated rings. The Bertz CT molecular complexity index is 652. The van der Waals surface area contributed by atoms with Gasteiger partial charge in [0, 0.05) is 38.7 Å². The number of anilines is 1. The molecule has 1 N–H and O–H groups in total. The Morgan fingerprint density at radius 2 is 2.15 bits per heavy atom. The number of aryl methyl sites for hydroxylation is 1. The molecule has 6 heteroatoms. The average molecular weight is 269 g/mol. The summed E-state index contributed by atoms with van der Waals surface area (Å²) in [5.41, 5.74) is 2.42. The highest BCUT2D eigenvalue weighted by Gasteiger charge is 2.16. The fourth-order valence-electron chi connectivity index (χ4n) is 2.36. The summed E-state index contributed by atoms with van der Waals surface area (Å²) in [6.45, 7) is 5.45. The molecule has 1 aliphatic rings. The summed E-state index contributed by atoms with van der Waals surface area (Å²) in [5, 5.41) is 16.6. The van der Waals surface area contributed by atoms with E-state index in [0.29, 0.717) is 17.3 Å². The van der Waals surface area contributed by atoms with Gasteiger partial charge in [-0.3, -0.25) is 0 Å². The Kier molecular flexibility index (Phi) is 3.35. The maximum atomic E-state index is 9.37. The van der Waals surface area contributed by atoms with Gasteiger partial charge in [-0.05, 0) is 18.2 Å². The molecule has 20 heavy (non-hydrogen) atoms. The van der Waals surface area contributed by atoms with Crippen LogP contribution in [0.3, 0.4) is 0 Å². The number of benzene rings is 1. The van der Waals surface area contributed by atoms with Crippen LogP contribution in [0.25, 0.3) is 11.4 Å². The predicted octanol–water partition coefficient (Wildman–Crippen LogP) is 1.33. The van der Waals surface area contributed by atoms with Crippen molar-refractivity contribution >= 4 is 5.69 Å². The molecule has 2 heterocycles. The molecule has 102 valence electrons. The molecule has 0 spiro atoms. The van der Waals surface area contributed by atoms with Gasteiger partial charge in [0.05, 0.1) is 11.3 Å². The van der Waals surface area contributed by atoms with E-state index in [1.807, 2.05) is 18.2 Å². The molecular weight excluding hydrogens is 254 g/mol. The lowest BCUT2D eigenvalue weighted by atomic mass is 10.1. The van der Waals surface area contributed by atoms with Crippen molar-refractivity contribution in [1.29, 1.82) is 5.26 Å². The van der Waals surface area contributed by atoms with Gasteiger partial charge in [0.1, 0.15) is 6.07 Å². The fraction of sp³-hybridized carbons (Fsp3) is 0.357. The third kappa shape index (κ3) is 2.36. The van der Waals surface area contributed by atoms with Crippen LogP contribution < -0.4 is 10.2 Å². The summed E-state index contributed by atoms with van der Waals surface area (Å²) in [4.78, 5) is 6.41. The number of aromatic nitrogens is 2. The molecule has 6 nitrogen and oxygen atoms in total. The van der Waals surface area contributed by atoms with Crippen LogP contribution in [0.1, 0.15) is 11.5 Å². The summed E-state index contributed by atoms with van der Waals surface area (Å²) in [7, 11) is 0. The van der Waals surface area contributed by atoms with Gasteiger partial charge in [-0.1, -0.05) is 5.16 Å². The smallest absolute Gasteiger partial charge is 0.223 e. The summed E-state index contributed by atoms with van der Waals surface area (Å²) < 4.78 is 4.98. The first-order valence-corrected chi connectivity index (χ1v) is 6.58. The van der Waals surface area contributed by atoms with E-state index in [-0.39, 0.29) is 0 Å². The number of hydrogen-bond acceptors (Lipinski definition) is 6. The van der Waals surface area contributed by atoms with Crippen molar-refractivity contribution in [2.75, 3.05) is 31.1 Å². The summed E-state index contributed by atoms with van der Waals surface area (Å²) in [5.74, 6) is 1.04. The van der Waals surface area contributed by atoms with Gasteiger partial charge in [-0.25, -0.2) is 0 Å². The van der Waals surface area contributed by atoms with Gasteiger partial charge in [0.15, 0.2) is 0 Å². The third-order valence-electron chi connectivity index (χ3n) is 3.36. The Hall–Kier alpha value is -2.39. The van der Waals surface area contributed by atoms with Gasteiger partial charge in [-0.15, -0.1) is 0 Å². The first-order valence-electron chi connectivity index (χ1n) is 6.58. The standard InChI is InChI=1S/C14H15N5O/c1-10-17-14(18-20-10)11-2-3-13(12(8-11)9-15)19-6-4-16-5-7-19/h2-3,8,16H,4-7H2,1H3. The first-order chi connectivity index (χ1) is 9.78. The van der Waals surface area contributed by atoms with Crippen LogP contribution in [0.2, 0.25) is 0 Å². The SMILES string of the molecule is Cc1nc(-c2ccc(N3CCNCC3)c(C#N)c2)no1. The van der Waals surface area contributed by atoms with Gasteiger partial charge in [0.25, 0.3) is 0 Å². The minimum Gasteiger partial charge on any atom is -0.368 e. The minimum absolute atomic E-state index is 0.518. The molecule has 0 saturated carbocycles. The van der Waals surface area contributed by atoms with Crippen molar-refractivity contribution in [2.24, 2.45) is 0 Å². The van der Waals surface area contributed by atoms with E-state index >= 15 is 0 Å². The average Bonchev–Trinajstić information content (AvgIpc) is 2.94. The number of hydrogen-bond donors (Lipinski definition) is 1. The highest BCUT2D eigenvalue weighted by molar-refractivity contribution is 5.68. The lowest BCUT2D eigenvalue weighted by molar-refractivity contribution is 0.394. The van der Waals surface area contributed by atoms with Gasteiger partial charge >= 0.3 is 0 Å². The van der Waals surface area contributed by atoms with E-state index in [2.05, 4.69) is 26.4 Å². The number of piperazine rings is 1. The van der Waals surface area contributed by atoms with Crippen LogP contribution in [0.15, 0.2) is 22.7 Å². The molecule has 1 aliphatic heterocycles. The monoisotopic (exact) mass is 269 g/mol. The Morgan fingerprint density at radius 1 is 1.35 bits per heavy atom. The summed E-state index contributed by atoms with van der Waals surface area (Å²) in [6, 6.07) is 7.98. The lowest BCUT2D eigenvalue weighted by Crippen LogP contribution is -2.43. The molecule has 0 atom stereocenters. The van der Waals surface area contributed by atoms with Crippen molar-refractivity contribution in [3.05, 3.63) is 29.7 Å². The van der Waals surface area contributed by atoms with Crippen LogP contribution in [-0.4, -0.2) is 36.3 Å². The van der Waals surface area contributed by atoms with Crippen molar-refractivity contribution in [1.82, 2.24) is 15.5 Å². The summed E-state index contributed by atoms with van der Waals surface area (Å²) in [6.07, 6.45) is 0. The number of nitrogens with one attached hydrogen (secondary N) is 1. The van der Waals surface area contributed by atoms with Gasteiger partial charge < -0.3 is 14.7 Å². The Labute approximate surface area is 117 Å². The van der Waals surface area contributed by atoms with Crippen molar-refractivity contribution in [3.63, 3.8) is 0 Å². The van der Waals surface area contributed by atoms with Crippen LogP contribution in [-0.2, 0) is 0 Å². The lowest BCUT2D eigenvalue weighted by Gasteiger charge is -2.30. The second-order valence-corrected chi connectivity index (χ2v) is 4.72. The Morgan fingerprint density at radius 3 is 2.80 bits per heavy atom. The maximum absolute atomic E-state index is 9.37. The van der Waals surface area contributed by atoms with Crippen LogP contribution in [0.5, 0.6) is 0 Å². The third-order valence-corrected chi connectivity index (χ3v) is 3.36. The van der Waals surface area contributed by atoms with E-state index in [4.69, 9.17) is 4.52 Å². The first kappa shape index (κ1) is 12.6. The largest absolute Gasteiger partial charge is 0.368 e. The highest BCUT2D eigenvalue weighted by Crippen LogP contribution is 2.26. The predicted molar refractivity (Wildman–Crippen MR) is 74.3 cm³/mol. The number of rotatable bonds is 2. The second kappa shape index (κ2) is 5.31. The molecule has 2 aromatic rings. The maximum Gasteiger partial charge on any atom is 0.223 e. The molecule has 0 bridgehead atoms. The van der Waals surface area contributed by atoms with E-state index in [9.17, 15) is 5.26 Å². The molecule has 0 amide bonds. The molecule has 0 unspecified atom stereocenters. The number of nitriles is 1. The normalized spacial score (nSPS) is 15.1. The molecule has 3 rings (SSSR count).